The fourth-order valence-corrected chi connectivity index (χ4v) is 2.08. The number of benzene rings is 1. The maximum Gasteiger partial charge on any atom is 0.323 e. The van der Waals surface area contributed by atoms with Crippen LogP contribution in [0.5, 0.6) is 0 Å². The highest BCUT2D eigenvalue weighted by atomic mass is 79.9. The summed E-state index contributed by atoms with van der Waals surface area (Å²) in [6.07, 6.45) is 2.48. The van der Waals surface area contributed by atoms with Crippen molar-refractivity contribution in [3.63, 3.8) is 0 Å². The molecule has 4 nitrogen and oxygen atoms in total. The fraction of sp³-hybridized carbons (Fsp3) is 0.286. The van der Waals surface area contributed by atoms with E-state index in [1.807, 2.05) is 24.3 Å². The first-order chi connectivity index (χ1) is 9.02. The number of aliphatic carboxylic acids is 1. The molecule has 0 bridgehead atoms. The highest BCUT2D eigenvalue weighted by Crippen LogP contribution is 2.14. The standard InChI is InChI=1S/C14H16BrNO3/c1-2-3-7-13(17)16(10-14(18)19)9-11-5-4-6-12(15)8-11/h2,4-6,8H,1,3,7,9-10H2,(H,18,19). The third kappa shape index (κ3) is 5.70. The highest BCUT2D eigenvalue weighted by Gasteiger charge is 2.16. The molecule has 1 aromatic carbocycles. The van der Waals surface area contributed by atoms with E-state index < -0.39 is 5.97 Å². The molecule has 0 saturated carbocycles. The second kappa shape index (κ2) is 7.74. The molecule has 0 atom stereocenters. The molecule has 5 heteroatoms. The summed E-state index contributed by atoms with van der Waals surface area (Å²) >= 11 is 3.35. The normalized spacial score (nSPS) is 9.95. The van der Waals surface area contributed by atoms with Gasteiger partial charge in [-0.25, -0.2) is 0 Å². The molecule has 1 amide bonds. The number of carboxylic acids is 1. The van der Waals surface area contributed by atoms with E-state index in [2.05, 4.69) is 22.5 Å². The van der Waals surface area contributed by atoms with Gasteiger partial charge >= 0.3 is 5.97 Å². The van der Waals surface area contributed by atoms with Crippen LogP contribution in [-0.2, 0) is 16.1 Å². The van der Waals surface area contributed by atoms with Gasteiger partial charge in [-0.3, -0.25) is 9.59 Å². The average Bonchev–Trinajstić information content (AvgIpc) is 2.34. The van der Waals surface area contributed by atoms with Crippen LogP contribution in [0.15, 0.2) is 41.4 Å². The van der Waals surface area contributed by atoms with Crippen LogP contribution in [0, 0.1) is 0 Å². The number of hydrogen-bond donors (Lipinski definition) is 1. The molecule has 0 aromatic heterocycles. The predicted molar refractivity (Wildman–Crippen MR) is 76.6 cm³/mol. The van der Waals surface area contributed by atoms with Crippen molar-refractivity contribution in [1.82, 2.24) is 4.90 Å². The van der Waals surface area contributed by atoms with Gasteiger partial charge in [0.2, 0.25) is 5.91 Å². The zero-order valence-corrected chi connectivity index (χ0v) is 12.1. The van der Waals surface area contributed by atoms with Crippen LogP contribution in [0.3, 0.4) is 0 Å². The molecule has 0 aliphatic rings. The van der Waals surface area contributed by atoms with Crippen molar-refractivity contribution >= 4 is 27.8 Å². The molecule has 102 valence electrons. The first-order valence-corrected chi connectivity index (χ1v) is 6.67. The Balaban J connectivity index is 2.76. The van der Waals surface area contributed by atoms with Gasteiger partial charge in [0.1, 0.15) is 6.54 Å². The van der Waals surface area contributed by atoms with E-state index in [4.69, 9.17) is 5.11 Å². The molecule has 0 spiro atoms. The van der Waals surface area contributed by atoms with E-state index in [1.54, 1.807) is 6.08 Å². The predicted octanol–water partition coefficient (Wildman–Crippen LogP) is 2.83. The maximum absolute atomic E-state index is 11.9. The molecule has 0 fully saturated rings. The van der Waals surface area contributed by atoms with Crippen molar-refractivity contribution in [3.05, 3.63) is 47.0 Å². The Morgan fingerprint density at radius 1 is 1.42 bits per heavy atom. The van der Waals surface area contributed by atoms with Crippen LogP contribution in [0.25, 0.3) is 0 Å². The van der Waals surface area contributed by atoms with E-state index in [0.717, 1.165) is 10.0 Å². The van der Waals surface area contributed by atoms with Gasteiger partial charge in [-0.2, -0.15) is 0 Å². The Hall–Kier alpha value is -1.62. The fourth-order valence-electron chi connectivity index (χ4n) is 1.63. The van der Waals surface area contributed by atoms with Crippen molar-refractivity contribution in [2.75, 3.05) is 6.54 Å². The van der Waals surface area contributed by atoms with Gasteiger partial charge in [0, 0.05) is 17.4 Å². The molecule has 19 heavy (non-hydrogen) atoms. The van der Waals surface area contributed by atoms with Crippen LogP contribution in [0.4, 0.5) is 0 Å². The Morgan fingerprint density at radius 3 is 2.74 bits per heavy atom. The van der Waals surface area contributed by atoms with Gasteiger partial charge in [-0.1, -0.05) is 34.1 Å². The SMILES string of the molecule is C=CCCC(=O)N(CC(=O)O)Cc1cccc(Br)c1. The largest absolute Gasteiger partial charge is 0.480 e. The number of halogens is 1. The summed E-state index contributed by atoms with van der Waals surface area (Å²) in [4.78, 5) is 24.1. The zero-order valence-electron chi connectivity index (χ0n) is 10.5. The lowest BCUT2D eigenvalue weighted by Gasteiger charge is -2.20. The summed E-state index contributed by atoms with van der Waals surface area (Å²) in [5.74, 6) is -1.19. The summed E-state index contributed by atoms with van der Waals surface area (Å²) < 4.78 is 0.902. The molecule has 0 saturated heterocycles. The van der Waals surface area contributed by atoms with Crippen LogP contribution < -0.4 is 0 Å². The number of carbonyl (C=O) groups is 2. The second-order valence-electron chi connectivity index (χ2n) is 4.10. The zero-order chi connectivity index (χ0) is 14.3. The van der Waals surface area contributed by atoms with Crippen molar-refractivity contribution in [2.24, 2.45) is 0 Å². The molecule has 0 unspecified atom stereocenters. The number of amides is 1. The van der Waals surface area contributed by atoms with Crippen molar-refractivity contribution in [1.29, 1.82) is 0 Å². The summed E-state index contributed by atoms with van der Waals surface area (Å²) in [6, 6.07) is 7.47. The molecule has 0 aliphatic carbocycles. The summed E-state index contributed by atoms with van der Waals surface area (Å²) in [5, 5.41) is 8.87. The number of hydrogen-bond acceptors (Lipinski definition) is 2. The number of carbonyl (C=O) groups excluding carboxylic acids is 1. The number of carboxylic acid groups (broad SMARTS) is 1. The van der Waals surface area contributed by atoms with Gasteiger partial charge < -0.3 is 10.0 Å². The van der Waals surface area contributed by atoms with Crippen LogP contribution in [0.1, 0.15) is 18.4 Å². The van der Waals surface area contributed by atoms with E-state index in [1.165, 1.54) is 4.90 Å². The molecular formula is C14H16BrNO3. The Morgan fingerprint density at radius 2 is 2.16 bits per heavy atom. The van der Waals surface area contributed by atoms with E-state index in [9.17, 15) is 9.59 Å². The second-order valence-corrected chi connectivity index (χ2v) is 5.02. The van der Waals surface area contributed by atoms with Gasteiger partial charge in [0.25, 0.3) is 0 Å². The lowest BCUT2D eigenvalue weighted by Crippen LogP contribution is -2.34. The van der Waals surface area contributed by atoms with E-state index in [-0.39, 0.29) is 18.9 Å². The van der Waals surface area contributed by atoms with Gasteiger partial charge in [0.05, 0.1) is 0 Å². The summed E-state index contributed by atoms with van der Waals surface area (Å²) in [5.41, 5.74) is 0.891. The minimum atomic E-state index is -1.01. The number of allylic oxidation sites excluding steroid dienone is 1. The van der Waals surface area contributed by atoms with Gasteiger partial charge in [-0.05, 0) is 24.1 Å². The number of nitrogens with zero attached hydrogens (tertiary/aromatic N) is 1. The summed E-state index contributed by atoms with van der Waals surface area (Å²) in [7, 11) is 0. The van der Waals surface area contributed by atoms with Crippen molar-refractivity contribution < 1.29 is 14.7 Å². The maximum atomic E-state index is 11.9. The number of rotatable bonds is 7. The first-order valence-electron chi connectivity index (χ1n) is 5.88. The molecular weight excluding hydrogens is 310 g/mol. The molecule has 0 heterocycles. The van der Waals surface area contributed by atoms with E-state index in [0.29, 0.717) is 13.0 Å². The Bertz CT molecular complexity index is 474. The monoisotopic (exact) mass is 325 g/mol. The Kier molecular flexibility index (Phi) is 6.29. The smallest absolute Gasteiger partial charge is 0.323 e. The Labute approximate surface area is 120 Å². The molecule has 1 rings (SSSR count). The average molecular weight is 326 g/mol. The summed E-state index contributed by atoms with van der Waals surface area (Å²) in [6.45, 7) is 3.56. The van der Waals surface area contributed by atoms with Crippen LogP contribution >= 0.6 is 15.9 Å². The van der Waals surface area contributed by atoms with Crippen LogP contribution in [0.2, 0.25) is 0 Å². The van der Waals surface area contributed by atoms with Crippen molar-refractivity contribution in [3.8, 4) is 0 Å². The molecule has 1 N–H and O–H groups in total. The minimum Gasteiger partial charge on any atom is -0.480 e. The third-order valence-electron chi connectivity index (χ3n) is 2.50. The van der Waals surface area contributed by atoms with E-state index >= 15 is 0 Å². The van der Waals surface area contributed by atoms with Gasteiger partial charge in [0.15, 0.2) is 0 Å². The topological polar surface area (TPSA) is 57.6 Å². The third-order valence-corrected chi connectivity index (χ3v) is 3.00. The van der Waals surface area contributed by atoms with Crippen molar-refractivity contribution in [2.45, 2.75) is 19.4 Å². The molecule has 0 radical (unpaired) electrons. The molecule has 1 aromatic rings. The first kappa shape index (κ1) is 15.4. The molecule has 0 aliphatic heterocycles. The van der Waals surface area contributed by atoms with Crippen LogP contribution in [-0.4, -0.2) is 28.4 Å². The lowest BCUT2D eigenvalue weighted by atomic mass is 10.2. The quantitative estimate of drug-likeness (QED) is 0.784. The minimum absolute atomic E-state index is 0.178. The lowest BCUT2D eigenvalue weighted by molar-refractivity contribution is -0.144. The van der Waals surface area contributed by atoms with Gasteiger partial charge in [-0.15, -0.1) is 6.58 Å². The highest BCUT2D eigenvalue weighted by molar-refractivity contribution is 9.10.